The Kier molecular flexibility index (Phi) is 7.00. The van der Waals surface area contributed by atoms with Crippen LogP contribution >= 0.6 is 0 Å². The van der Waals surface area contributed by atoms with Gasteiger partial charge in [0, 0.05) is 29.6 Å². The van der Waals surface area contributed by atoms with Crippen molar-refractivity contribution in [3.63, 3.8) is 0 Å². The minimum Gasteiger partial charge on any atom is -0.493 e. The maximum atomic E-state index is 12.7. The Balaban J connectivity index is 1.84. The third-order valence-electron chi connectivity index (χ3n) is 5.05. The van der Waals surface area contributed by atoms with Crippen molar-refractivity contribution in [2.24, 2.45) is 5.92 Å². The second kappa shape index (κ2) is 9.67. The lowest BCUT2D eigenvalue weighted by molar-refractivity contribution is -0.110. The third kappa shape index (κ3) is 4.76. The standard InChI is InChI=1S/C24H31N3O3/c1-6-19(26-17-9-7-16(8-10-17)14-25-13-15(2)3)23-18-11-21(29-4)22(30-5)12-20(18)27-24(23)28/h7-12,15,25-26H,6,13-14H2,1-5H3,(H,27,28)/b23-19-. The van der Waals surface area contributed by atoms with Crippen molar-refractivity contribution in [3.8, 4) is 11.5 Å². The fourth-order valence-electron chi connectivity index (χ4n) is 3.51. The number of carbonyl (C=O) groups excluding carboxylic acids is 1. The van der Waals surface area contributed by atoms with Gasteiger partial charge in [0.25, 0.3) is 5.91 Å². The predicted octanol–water partition coefficient (Wildman–Crippen LogP) is 4.63. The molecule has 0 fully saturated rings. The fraction of sp³-hybridized carbons (Fsp3) is 0.375. The number of nitrogens with one attached hydrogen (secondary N) is 3. The highest BCUT2D eigenvalue weighted by Crippen LogP contribution is 2.42. The summed E-state index contributed by atoms with van der Waals surface area (Å²) in [5.74, 6) is 1.69. The monoisotopic (exact) mass is 409 g/mol. The first-order chi connectivity index (χ1) is 14.5. The molecule has 1 amide bonds. The molecule has 160 valence electrons. The van der Waals surface area contributed by atoms with E-state index in [0.29, 0.717) is 29.4 Å². The number of amides is 1. The number of fused-ring (bicyclic) bond motifs is 1. The van der Waals surface area contributed by atoms with Gasteiger partial charge in [0.05, 0.1) is 25.5 Å². The minimum atomic E-state index is -0.126. The largest absolute Gasteiger partial charge is 0.493 e. The molecule has 1 aliphatic heterocycles. The van der Waals surface area contributed by atoms with E-state index >= 15 is 0 Å². The average Bonchev–Trinajstić information content (AvgIpc) is 3.06. The summed E-state index contributed by atoms with van der Waals surface area (Å²) in [5, 5.41) is 9.82. The molecular weight excluding hydrogens is 378 g/mol. The molecule has 0 saturated heterocycles. The van der Waals surface area contributed by atoms with E-state index in [9.17, 15) is 4.79 Å². The van der Waals surface area contributed by atoms with Gasteiger partial charge in [-0.25, -0.2) is 0 Å². The molecule has 0 atom stereocenters. The molecule has 0 radical (unpaired) electrons. The van der Waals surface area contributed by atoms with Crippen LogP contribution in [-0.4, -0.2) is 26.7 Å². The molecule has 0 saturated carbocycles. The van der Waals surface area contributed by atoms with E-state index < -0.39 is 0 Å². The van der Waals surface area contributed by atoms with Gasteiger partial charge in [-0.1, -0.05) is 32.9 Å². The molecular formula is C24H31N3O3. The van der Waals surface area contributed by atoms with E-state index in [1.54, 1.807) is 20.3 Å². The van der Waals surface area contributed by atoms with Gasteiger partial charge in [-0.05, 0) is 42.6 Å². The molecule has 0 aromatic heterocycles. The minimum absolute atomic E-state index is 0.126. The number of benzene rings is 2. The second-order valence-corrected chi connectivity index (χ2v) is 7.76. The van der Waals surface area contributed by atoms with Gasteiger partial charge in [0.2, 0.25) is 0 Å². The Morgan fingerprint density at radius 3 is 2.33 bits per heavy atom. The zero-order valence-electron chi connectivity index (χ0n) is 18.4. The lowest BCUT2D eigenvalue weighted by atomic mass is 10.0. The van der Waals surface area contributed by atoms with Crippen molar-refractivity contribution < 1.29 is 14.3 Å². The molecule has 3 N–H and O–H groups in total. The summed E-state index contributed by atoms with van der Waals surface area (Å²) < 4.78 is 10.8. The van der Waals surface area contributed by atoms with E-state index in [-0.39, 0.29) is 5.91 Å². The molecule has 1 aliphatic rings. The Labute approximate surface area is 178 Å². The SMILES string of the molecule is CC/C(Nc1ccc(CNCC(C)C)cc1)=C1/C(=O)Nc2cc(OC)c(OC)cc21. The Morgan fingerprint density at radius 1 is 1.07 bits per heavy atom. The van der Waals surface area contributed by atoms with E-state index in [4.69, 9.17) is 9.47 Å². The third-order valence-corrected chi connectivity index (χ3v) is 5.05. The van der Waals surface area contributed by atoms with Gasteiger partial charge < -0.3 is 25.4 Å². The second-order valence-electron chi connectivity index (χ2n) is 7.76. The molecule has 3 rings (SSSR count). The van der Waals surface area contributed by atoms with Crippen LogP contribution in [0.15, 0.2) is 42.1 Å². The maximum Gasteiger partial charge on any atom is 0.258 e. The van der Waals surface area contributed by atoms with Crippen LogP contribution in [0.1, 0.15) is 38.3 Å². The van der Waals surface area contributed by atoms with Crippen molar-refractivity contribution in [1.29, 1.82) is 0 Å². The lowest BCUT2D eigenvalue weighted by Crippen LogP contribution is -2.18. The highest BCUT2D eigenvalue weighted by molar-refractivity contribution is 6.32. The van der Waals surface area contributed by atoms with Crippen LogP contribution in [0.2, 0.25) is 0 Å². The summed E-state index contributed by atoms with van der Waals surface area (Å²) in [6, 6.07) is 11.9. The van der Waals surface area contributed by atoms with Crippen molar-refractivity contribution in [2.75, 3.05) is 31.4 Å². The van der Waals surface area contributed by atoms with Crippen molar-refractivity contribution in [3.05, 3.63) is 53.2 Å². The number of allylic oxidation sites excluding steroid dienone is 1. The highest BCUT2D eigenvalue weighted by Gasteiger charge is 2.29. The number of hydrogen-bond acceptors (Lipinski definition) is 5. The number of carbonyl (C=O) groups is 1. The number of anilines is 2. The van der Waals surface area contributed by atoms with Gasteiger partial charge in [0.1, 0.15) is 0 Å². The van der Waals surface area contributed by atoms with Crippen LogP contribution in [0.5, 0.6) is 11.5 Å². The number of rotatable bonds is 9. The molecule has 0 spiro atoms. The molecule has 0 aliphatic carbocycles. The summed E-state index contributed by atoms with van der Waals surface area (Å²) in [6.07, 6.45) is 0.689. The summed E-state index contributed by atoms with van der Waals surface area (Å²) in [5.41, 5.74) is 5.23. The van der Waals surface area contributed by atoms with Gasteiger partial charge in [-0.2, -0.15) is 0 Å². The first kappa shape index (κ1) is 21.7. The van der Waals surface area contributed by atoms with E-state index in [0.717, 1.165) is 35.7 Å². The highest BCUT2D eigenvalue weighted by atomic mass is 16.5. The Morgan fingerprint density at radius 2 is 1.73 bits per heavy atom. The van der Waals surface area contributed by atoms with E-state index in [2.05, 4.69) is 41.9 Å². The van der Waals surface area contributed by atoms with E-state index in [1.807, 2.05) is 25.1 Å². The van der Waals surface area contributed by atoms with Crippen LogP contribution in [0, 0.1) is 5.92 Å². The zero-order chi connectivity index (χ0) is 21.7. The fourth-order valence-corrected chi connectivity index (χ4v) is 3.51. The number of methoxy groups -OCH3 is 2. The van der Waals surface area contributed by atoms with Crippen molar-refractivity contribution in [1.82, 2.24) is 5.32 Å². The first-order valence-corrected chi connectivity index (χ1v) is 10.3. The Hall–Kier alpha value is -2.99. The lowest BCUT2D eigenvalue weighted by Gasteiger charge is -2.14. The normalized spacial score (nSPS) is 14.4. The first-order valence-electron chi connectivity index (χ1n) is 10.3. The average molecular weight is 410 g/mol. The molecule has 30 heavy (non-hydrogen) atoms. The van der Waals surface area contributed by atoms with Gasteiger partial charge in [-0.3, -0.25) is 4.79 Å². The number of hydrogen-bond donors (Lipinski definition) is 3. The van der Waals surface area contributed by atoms with Crippen molar-refractivity contribution >= 4 is 22.9 Å². The van der Waals surface area contributed by atoms with Crippen LogP contribution in [0.3, 0.4) is 0 Å². The van der Waals surface area contributed by atoms with Crippen LogP contribution in [0.4, 0.5) is 11.4 Å². The molecule has 2 aromatic rings. The topological polar surface area (TPSA) is 71.6 Å². The maximum absolute atomic E-state index is 12.7. The summed E-state index contributed by atoms with van der Waals surface area (Å²) in [7, 11) is 3.17. The van der Waals surface area contributed by atoms with Crippen LogP contribution in [-0.2, 0) is 11.3 Å². The molecule has 0 unspecified atom stereocenters. The molecule has 1 heterocycles. The van der Waals surface area contributed by atoms with Crippen LogP contribution in [0.25, 0.3) is 5.57 Å². The van der Waals surface area contributed by atoms with Gasteiger partial charge in [-0.15, -0.1) is 0 Å². The zero-order valence-corrected chi connectivity index (χ0v) is 18.4. The van der Waals surface area contributed by atoms with Crippen LogP contribution < -0.4 is 25.4 Å². The molecule has 2 aromatic carbocycles. The van der Waals surface area contributed by atoms with Gasteiger partial charge in [0.15, 0.2) is 11.5 Å². The quantitative estimate of drug-likeness (QED) is 0.527. The summed E-state index contributed by atoms with van der Waals surface area (Å²) in [4.78, 5) is 12.7. The predicted molar refractivity (Wildman–Crippen MR) is 122 cm³/mol. The van der Waals surface area contributed by atoms with Gasteiger partial charge >= 0.3 is 0 Å². The summed E-state index contributed by atoms with van der Waals surface area (Å²) >= 11 is 0. The number of ether oxygens (including phenoxy) is 2. The Bertz CT molecular complexity index is 933. The molecule has 6 heteroatoms. The molecule has 0 bridgehead atoms. The summed E-state index contributed by atoms with van der Waals surface area (Å²) in [6.45, 7) is 8.27. The molecule has 6 nitrogen and oxygen atoms in total. The van der Waals surface area contributed by atoms with Crippen molar-refractivity contribution in [2.45, 2.75) is 33.7 Å². The van der Waals surface area contributed by atoms with E-state index in [1.165, 1.54) is 5.56 Å². The smallest absolute Gasteiger partial charge is 0.258 e.